The number of fused-ring (bicyclic) bond motifs is 1. The number of aromatic nitrogens is 2. The fraction of sp³-hybridized carbons (Fsp3) is 0.174. The van der Waals surface area contributed by atoms with Crippen LogP contribution in [-0.2, 0) is 6.54 Å². The number of nitrogens with zero attached hydrogens (tertiary/aromatic N) is 2. The number of imidazole rings is 1. The van der Waals surface area contributed by atoms with E-state index in [0.29, 0.717) is 6.61 Å². The summed E-state index contributed by atoms with van der Waals surface area (Å²) in [4.78, 5) is 4.85. The summed E-state index contributed by atoms with van der Waals surface area (Å²) in [7, 11) is 0. The van der Waals surface area contributed by atoms with Crippen LogP contribution < -0.4 is 4.74 Å². The van der Waals surface area contributed by atoms with Crippen LogP contribution in [0.5, 0.6) is 5.75 Å². The summed E-state index contributed by atoms with van der Waals surface area (Å²) in [6, 6.07) is 24.9. The first-order valence-corrected chi connectivity index (χ1v) is 8.93. The molecule has 1 aromatic heterocycles. The van der Waals surface area contributed by atoms with E-state index in [1.165, 1.54) is 5.56 Å². The number of rotatable bonds is 5. The Morgan fingerprint density at radius 3 is 2.50 bits per heavy atom. The summed E-state index contributed by atoms with van der Waals surface area (Å²) < 4.78 is 8.33. The van der Waals surface area contributed by atoms with Crippen LogP contribution in [0, 0.1) is 13.8 Å². The highest BCUT2D eigenvalue weighted by molar-refractivity contribution is 5.80. The normalized spacial score (nSPS) is 11.0. The van der Waals surface area contributed by atoms with Crippen LogP contribution >= 0.6 is 0 Å². The maximum Gasteiger partial charge on any atom is 0.141 e. The standard InChI is InChI=1S/C23H22N2O/c1-17-12-13-18(2)22(16-17)26-15-14-25-21-11-7-6-10-20(21)24-23(25)19-8-4-3-5-9-19/h3-13,16H,14-15H2,1-2H3. The van der Waals surface area contributed by atoms with Crippen molar-refractivity contribution in [1.29, 1.82) is 0 Å². The van der Waals surface area contributed by atoms with Crippen molar-refractivity contribution < 1.29 is 4.74 Å². The minimum atomic E-state index is 0.602. The first kappa shape index (κ1) is 16.4. The van der Waals surface area contributed by atoms with Crippen LogP contribution in [0.15, 0.2) is 72.8 Å². The second-order valence-corrected chi connectivity index (χ2v) is 6.56. The third-order valence-electron chi connectivity index (χ3n) is 4.60. The lowest BCUT2D eigenvalue weighted by Gasteiger charge is -2.13. The highest BCUT2D eigenvalue weighted by Crippen LogP contribution is 2.25. The highest BCUT2D eigenvalue weighted by Gasteiger charge is 2.12. The van der Waals surface area contributed by atoms with Gasteiger partial charge in [0.1, 0.15) is 18.2 Å². The van der Waals surface area contributed by atoms with Gasteiger partial charge in [-0.15, -0.1) is 0 Å². The van der Waals surface area contributed by atoms with Gasteiger partial charge in [0.15, 0.2) is 0 Å². The summed E-state index contributed by atoms with van der Waals surface area (Å²) >= 11 is 0. The van der Waals surface area contributed by atoms with Crippen molar-refractivity contribution in [2.75, 3.05) is 6.61 Å². The van der Waals surface area contributed by atoms with Gasteiger partial charge in [0.25, 0.3) is 0 Å². The molecule has 0 aliphatic rings. The molecule has 4 aromatic rings. The molecule has 1 heterocycles. The Kier molecular flexibility index (Phi) is 4.44. The van der Waals surface area contributed by atoms with E-state index in [0.717, 1.165) is 40.3 Å². The predicted octanol–water partition coefficient (Wildman–Crippen LogP) is 5.40. The molecule has 4 rings (SSSR count). The Labute approximate surface area is 153 Å². The first-order chi connectivity index (χ1) is 12.7. The molecule has 3 aromatic carbocycles. The van der Waals surface area contributed by atoms with E-state index >= 15 is 0 Å². The maximum atomic E-state index is 6.08. The Hall–Kier alpha value is -3.07. The topological polar surface area (TPSA) is 27.1 Å². The second kappa shape index (κ2) is 7.04. The second-order valence-electron chi connectivity index (χ2n) is 6.56. The smallest absolute Gasteiger partial charge is 0.141 e. The third-order valence-corrected chi connectivity index (χ3v) is 4.60. The first-order valence-electron chi connectivity index (χ1n) is 8.93. The van der Waals surface area contributed by atoms with Gasteiger partial charge in [-0.1, -0.05) is 54.6 Å². The SMILES string of the molecule is Cc1ccc(C)c(OCCn2c(-c3ccccc3)nc3ccccc32)c1. The Morgan fingerprint density at radius 1 is 0.885 bits per heavy atom. The van der Waals surface area contributed by atoms with Gasteiger partial charge in [0.2, 0.25) is 0 Å². The van der Waals surface area contributed by atoms with E-state index < -0.39 is 0 Å². The summed E-state index contributed by atoms with van der Waals surface area (Å²) in [5, 5.41) is 0. The molecule has 0 aliphatic carbocycles. The van der Waals surface area contributed by atoms with Crippen molar-refractivity contribution in [3.8, 4) is 17.1 Å². The average Bonchev–Trinajstić information content (AvgIpc) is 3.04. The predicted molar refractivity (Wildman–Crippen MR) is 107 cm³/mol. The summed E-state index contributed by atoms with van der Waals surface area (Å²) in [5.74, 6) is 1.94. The van der Waals surface area contributed by atoms with Crippen LogP contribution in [0.3, 0.4) is 0 Å². The van der Waals surface area contributed by atoms with Crippen molar-refractivity contribution in [2.24, 2.45) is 0 Å². The summed E-state index contributed by atoms with van der Waals surface area (Å²) in [6.07, 6.45) is 0. The third kappa shape index (κ3) is 3.21. The van der Waals surface area contributed by atoms with Crippen LogP contribution in [0.1, 0.15) is 11.1 Å². The minimum absolute atomic E-state index is 0.602. The van der Waals surface area contributed by atoms with E-state index in [-0.39, 0.29) is 0 Å². The molecule has 26 heavy (non-hydrogen) atoms. The Balaban J connectivity index is 1.64. The van der Waals surface area contributed by atoms with Gasteiger partial charge >= 0.3 is 0 Å². The van der Waals surface area contributed by atoms with Gasteiger partial charge in [0.05, 0.1) is 17.6 Å². The number of para-hydroxylation sites is 2. The lowest BCUT2D eigenvalue weighted by molar-refractivity contribution is 0.299. The van der Waals surface area contributed by atoms with Gasteiger partial charge < -0.3 is 9.30 Å². The Bertz CT molecular complexity index is 1030. The van der Waals surface area contributed by atoms with Crippen molar-refractivity contribution in [2.45, 2.75) is 20.4 Å². The van der Waals surface area contributed by atoms with Gasteiger partial charge in [-0.3, -0.25) is 0 Å². The molecule has 0 atom stereocenters. The molecular formula is C23H22N2O. The lowest BCUT2D eigenvalue weighted by Crippen LogP contribution is -2.10. The van der Waals surface area contributed by atoms with Crippen molar-refractivity contribution in [3.05, 3.63) is 83.9 Å². The van der Waals surface area contributed by atoms with E-state index in [2.05, 4.69) is 66.9 Å². The van der Waals surface area contributed by atoms with E-state index in [1.54, 1.807) is 0 Å². The fourth-order valence-electron chi connectivity index (χ4n) is 3.22. The molecule has 0 unspecified atom stereocenters. The number of aryl methyl sites for hydroxylation is 2. The molecule has 0 saturated heterocycles. The van der Waals surface area contributed by atoms with Crippen LogP contribution in [0.25, 0.3) is 22.4 Å². The van der Waals surface area contributed by atoms with Crippen LogP contribution in [0.2, 0.25) is 0 Å². The van der Waals surface area contributed by atoms with E-state index in [9.17, 15) is 0 Å². The zero-order valence-corrected chi connectivity index (χ0v) is 15.1. The van der Waals surface area contributed by atoms with Crippen molar-refractivity contribution >= 4 is 11.0 Å². The monoisotopic (exact) mass is 342 g/mol. The van der Waals surface area contributed by atoms with Crippen LogP contribution in [-0.4, -0.2) is 16.2 Å². The molecule has 130 valence electrons. The number of benzene rings is 3. The minimum Gasteiger partial charge on any atom is -0.491 e. The molecule has 0 amide bonds. The quantitative estimate of drug-likeness (QED) is 0.485. The molecule has 0 fully saturated rings. The molecule has 0 radical (unpaired) electrons. The van der Waals surface area contributed by atoms with Gasteiger partial charge in [-0.05, 0) is 43.2 Å². The molecule has 0 spiro atoms. The molecule has 0 aliphatic heterocycles. The number of hydrogen-bond donors (Lipinski definition) is 0. The summed E-state index contributed by atoms with van der Waals surface area (Å²) in [5.41, 5.74) is 5.64. The van der Waals surface area contributed by atoms with E-state index in [4.69, 9.17) is 9.72 Å². The van der Waals surface area contributed by atoms with Gasteiger partial charge in [0, 0.05) is 5.56 Å². The molecule has 0 N–H and O–H groups in total. The van der Waals surface area contributed by atoms with E-state index in [1.807, 2.05) is 24.3 Å². The fourth-order valence-corrected chi connectivity index (χ4v) is 3.22. The maximum absolute atomic E-state index is 6.08. The van der Waals surface area contributed by atoms with Crippen LogP contribution in [0.4, 0.5) is 0 Å². The van der Waals surface area contributed by atoms with Gasteiger partial charge in [-0.2, -0.15) is 0 Å². The van der Waals surface area contributed by atoms with Gasteiger partial charge in [-0.25, -0.2) is 4.98 Å². The van der Waals surface area contributed by atoms with Crippen molar-refractivity contribution in [1.82, 2.24) is 9.55 Å². The molecule has 0 bridgehead atoms. The average molecular weight is 342 g/mol. The number of ether oxygens (including phenoxy) is 1. The molecule has 0 saturated carbocycles. The largest absolute Gasteiger partial charge is 0.491 e. The highest BCUT2D eigenvalue weighted by atomic mass is 16.5. The molecule has 3 heteroatoms. The zero-order chi connectivity index (χ0) is 17.9. The Morgan fingerprint density at radius 2 is 1.65 bits per heavy atom. The molecule has 3 nitrogen and oxygen atoms in total. The lowest BCUT2D eigenvalue weighted by atomic mass is 10.1. The zero-order valence-electron chi connectivity index (χ0n) is 15.1. The molecular weight excluding hydrogens is 320 g/mol. The number of hydrogen-bond acceptors (Lipinski definition) is 2. The van der Waals surface area contributed by atoms with Crippen molar-refractivity contribution in [3.63, 3.8) is 0 Å². The summed E-state index contributed by atoms with van der Waals surface area (Å²) in [6.45, 7) is 5.52.